The summed E-state index contributed by atoms with van der Waals surface area (Å²) in [6.07, 6.45) is 0. The maximum absolute atomic E-state index is 13.3. The summed E-state index contributed by atoms with van der Waals surface area (Å²) in [7, 11) is 0. The smallest absolute Gasteiger partial charge is 0.129 e. The molecule has 0 saturated carbocycles. The van der Waals surface area contributed by atoms with E-state index in [0.717, 1.165) is 5.75 Å². The Balaban J connectivity index is 2.02. The van der Waals surface area contributed by atoms with E-state index in [-0.39, 0.29) is 12.4 Å². The Morgan fingerprint density at radius 3 is 2.38 bits per heavy atom. The number of hydrogen-bond donors (Lipinski definition) is 0. The Bertz CT molecular complexity index is 462. The van der Waals surface area contributed by atoms with Crippen molar-refractivity contribution >= 4 is 0 Å². The molecule has 16 heavy (non-hydrogen) atoms. The third kappa shape index (κ3) is 2.60. The fraction of sp³-hybridized carbons (Fsp3) is 0.143. The summed E-state index contributed by atoms with van der Waals surface area (Å²) in [6, 6.07) is 14.3. The number of hydrogen-bond acceptors (Lipinski definition) is 1. The van der Waals surface area contributed by atoms with Crippen LogP contribution in [0.3, 0.4) is 0 Å². The van der Waals surface area contributed by atoms with Gasteiger partial charge in [-0.25, -0.2) is 4.39 Å². The van der Waals surface area contributed by atoms with Gasteiger partial charge in [-0.05, 0) is 25.1 Å². The van der Waals surface area contributed by atoms with E-state index in [1.807, 2.05) is 31.2 Å². The molecule has 0 aliphatic carbocycles. The van der Waals surface area contributed by atoms with Crippen LogP contribution in [-0.4, -0.2) is 0 Å². The minimum absolute atomic E-state index is 0.227. The maximum atomic E-state index is 13.3. The lowest BCUT2D eigenvalue weighted by Gasteiger charge is -2.07. The van der Waals surface area contributed by atoms with Crippen molar-refractivity contribution in [2.75, 3.05) is 0 Å². The zero-order valence-electron chi connectivity index (χ0n) is 9.11. The molecule has 0 aliphatic rings. The highest BCUT2D eigenvalue weighted by Crippen LogP contribution is 2.14. The zero-order valence-corrected chi connectivity index (χ0v) is 9.11. The van der Waals surface area contributed by atoms with E-state index in [1.165, 1.54) is 11.6 Å². The van der Waals surface area contributed by atoms with Crippen molar-refractivity contribution in [2.24, 2.45) is 0 Å². The summed E-state index contributed by atoms with van der Waals surface area (Å²) in [6.45, 7) is 2.27. The second-order valence-corrected chi connectivity index (χ2v) is 3.69. The Hall–Kier alpha value is -1.83. The van der Waals surface area contributed by atoms with Crippen molar-refractivity contribution < 1.29 is 9.13 Å². The van der Waals surface area contributed by atoms with Crippen LogP contribution in [0, 0.1) is 12.7 Å². The van der Waals surface area contributed by atoms with Crippen molar-refractivity contribution in [2.45, 2.75) is 13.5 Å². The van der Waals surface area contributed by atoms with Crippen LogP contribution in [0.2, 0.25) is 0 Å². The highest BCUT2D eigenvalue weighted by molar-refractivity contribution is 5.27. The minimum Gasteiger partial charge on any atom is -0.489 e. The highest BCUT2D eigenvalue weighted by atomic mass is 19.1. The molecule has 0 radical (unpaired) electrons. The van der Waals surface area contributed by atoms with Crippen LogP contribution in [0.5, 0.6) is 5.75 Å². The third-order valence-electron chi connectivity index (χ3n) is 2.37. The SMILES string of the molecule is Cc1ccc(OCc2ccccc2F)cc1. The van der Waals surface area contributed by atoms with E-state index in [4.69, 9.17) is 4.74 Å². The molecule has 0 fully saturated rings. The molecule has 0 aromatic heterocycles. The van der Waals surface area contributed by atoms with Crippen molar-refractivity contribution in [3.63, 3.8) is 0 Å². The zero-order chi connectivity index (χ0) is 11.4. The summed E-state index contributed by atoms with van der Waals surface area (Å²) in [5, 5.41) is 0. The number of rotatable bonds is 3. The Morgan fingerprint density at radius 1 is 1.00 bits per heavy atom. The van der Waals surface area contributed by atoms with Crippen molar-refractivity contribution in [1.82, 2.24) is 0 Å². The lowest BCUT2D eigenvalue weighted by atomic mass is 10.2. The van der Waals surface area contributed by atoms with Crippen LogP contribution in [0.15, 0.2) is 48.5 Å². The van der Waals surface area contributed by atoms with Gasteiger partial charge in [0.15, 0.2) is 0 Å². The van der Waals surface area contributed by atoms with Crippen LogP contribution >= 0.6 is 0 Å². The highest BCUT2D eigenvalue weighted by Gasteiger charge is 2.01. The Labute approximate surface area is 94.5 Å². The van der Waals surface area contributed by atoms with Gasteiger partial charge in [-0.2, -0.15) is 0 Å². The number of aryl methyl sites for hydroxylation is 1. The van der Waals surface area contributed by atoms with Gasteiger partial charge < -0.3 is 4.74 Å². The topological polar surface area (TPSA) is 9.23 Å². The maximum Gasteiger partial charge on any atom is 0.129 e. The second kappa shape index (κ2) is 4.79. The van der Waals surface area contributed by atoms with Gasteiger partial charge in [0.05, 0.1) is 0 Å². The Morgan fingerprint density at radius 2 is 1.69 bits per heavy atom. The van der Waals surface area contributed by atoms with Crippen LogP contribution in [0.1, 0.15) is 11.1 Å². The normalized spacial score (nSPS) is 10.1. The molecular formula is C14H13FO. The van der Waals surface area contributed by atoms with Crippen LogP contribution in [0.25, 0.3) is 0 Å². The van der Waals surface area contributed by atoms with E-state index in [1.54, 1.807) is 18.2 Å². The van der Waals surface area contributed by atoms with Crippen molar-refractivity contribution in [3.05, 3.63) is 65.5 Å². The van der Waals surface area contributed by atoms with Crippen LogP contribution in [0.4, 0.5) is 4.39 Å². The summed E-state index contributed by atoms with van der Waals surface area (Å²) >= 11 is 0. The molecule has 2 aromatic carbocycles. The summed E-state index contributed by atoms with van der Waals surface area (Å²) in [4.78, 5) is 0. The van der Waals surface area contributed by atoms with Gasteiger partial charge in [0, 0.05) is 5.56 Å². The molecule has 0 bridgehead atoms. The molecule has 2 aromatic rings. The lowest BCUT2D eigenvalue weighted by Crippen LogP contribution is -1.97. The van der Waals surface area contributed by atoms with Gasteiger partial charge in [-0.15, -0.1) is 0 Å². The van der Waals surface area contributed by atoms with Crippen molar-refractivity contribution in [1.29, 1.82) is 0 Å². The van der Waals surface area contributed by atoms with Gasteiger partial charge >= 0.3 is 0 Å². The predicted octanol–water partition coefficient (Wildman–Crippen LogP) is 3.71. The summed E-state index contributed by atoms with van der Waals surface area (Å²) < 4.78 is 18.8. The fourth-order valence-electron chi connectivity index (χ4n) is 1.41. The van der Waals surface area contributed by atoms with Crippen LogP contribution < -0.4 is 4.74 Å². The first-order valence-electron chi connectivity index (χ1n) is 5.18. The largest absolute Gasteiger partial charge is 0.489 e. The predicted molar refractivity (Wildman–Crippen MR) is 61.9 cm³/mol. The molecule has 2 heteroatoms. The molecule has 0 amide bonds. The average Bonchev–Trinajstić information content (AvgIpc) is 2.30. The number of halogens is 1. The lowest BCUT2D eigenvalue weighted by molar-refractivity contribution is 0.300. The second-order valence-electron chi connectivity index (χ2n) is 3.69. The summed E-state index contributed by atoms with van der Waals surface area (Å²) in [5.41, 5.74) is 1.75. The van der Waals surface area contributed by atoms with E-state index < -0.39 is 0 Å². The molecule has 0 N–H and O–H groups in total. The molecule has 0 atom stereocenters. The average molecular weight is 216 g/mol. The monoisotopic (exact) mass is 216 g/mol. The van der Waals surface area contributed by atoms with E-state index in [0.29, 0.717) is 5.56 Å². The molecule has 1 nitrogen and oxygen atoms in total. The van der Waals surface area contributed by atoms with E-state index in [9.17, 15) is 4.39 Å². The quantitative estimate of drug-likeness (QED) is 0.759. The van der Waals surface area contributed by atoms with E-state index >= 15 is 0 Å². The first-order chi connectivity index (χ1) is 7.75. The standard InChI is InChI=1S/C14H13FO/c1-11-6-8-13(9-7-11)16-10-12-4-2-3-5-14(12)15/h2-9H,10H2,1H3. The third-order valence-corrected chi connectivity index (χ3v) is 2.37. The van der Waals surface area contributed by atoms with Crippen molar-refractivity contribution in [3.8, 4) is 5.75 Å². The van der Waals surface area contributed by atoms with E-state index in [2.05, 4.69) is 0 Å². The van der Waals surface area contributed by atoms with Crippen LogP contribution in [-0.2, 0) is 6.61 Å². The molecule has 0 spiro atoms. The van der Waals surface area contributed by atoms with Gasteiger partial charge in [0.1, 0.15) is 18.2 Å². The van der Waals surface area contributed by atoms with Gasteiger partial charge in [0.2, 0.25) is 0 Å². The molecule has 2 rings (SSSR count). The minimum atomic E-state index is -0.227. The Kier molecular flexibility index (Phi) is 3.20. The first-order valence-corrected chi connectivity index (χ1v) is 5.18. The molecule has 0 saturated heterocycles. The van der Waals surface area contributed by atoms with Gasteiger partial charge in [-0.1, -0.05) is 35.9 Å². The molecule has 0 unspecified atom stereocenters. The molecule has 0 heterocycles. The molecular weight excluding hydrogens is 203 g/mol. The van der Waals surface area contributed by atoms with Gasteiger partial charge in [0.25, 0.3) is 0 Å². The number of benzene rings is 2. The molecule has 0 aliphatic heterocycles. The summed E-state index contributed by atoms with van der Waals surface area (Å²) in [5.74, 6) is 0.531. The van der Waals surface area contributed by atoms with Gasteiger partial charge in [-0.3, -0.25) is 0 Å². The molecule has 82 valence electrons. The first kappa shape index (κ1) is 10.7. The number of ether oxygens (including phenoxy) is 1. The fourth-order valence-corrected chi connectivity index (χ4v) is 1.41.